The topological polar surface area (TPSA) is 50.6 Å². The van der Waals surface area contributed by atoms with E-state index in [1.165, 1.54) is 6.07 Å². The second-order valence-corrected chi connectivity index (χ2v) is 6.41. The zero-order valence-corrected chi connectivity index (χ0v) is 14.6. The molecule has 5 nitrogen and oxygen atoms in total. The van der Waals surface area contributed by atoms with Gasteiger partial charge in [0.15, 0.2) is 0 Å². The van der Waals surface area contributed by atoms with Gasteiger partial charge < -0.3 is 9.80 Å². The fourth-order valence-corrected chi connectivity index (χ4v) is 3.01. The van der Waals surface area contributed by atoms with E-state index in [-0.39, 0.29) is 18.0 Å². The Kier molecular flexibility index (Phi) is 6.29. The van der Waals surface area contributed by atoms with Crippen LogP contribution in [0.2, 0.25) is 0 Å². The molecule has 1 fully saturated rings. The standard InChI is InChI=1S/C18H25FN4O/c1-4-22(12-16-6-5-15(10-20)9-17(16)19)18(24)13-23-8-7-21(3)11-14(23)2/h5-6,9,14H,4,7-8,11-13H2,1-3H3. The van der Waals surface area contributed by atoms with Crippen molar-refractivity contribution in [1.82, 2.24) is 14.7 Å². The average molecular weight is 332 g/mol. The maximum Gasteiger partial charge on any atom is 0.237 e. The highest BCUT2D eigenvalue weighted by atomic mass is 19.1. The summed E-state index contributed by atoms with van der Waals surface area (Å²) in [6, 6.07) is 6.63. The molecule has 0 bridgehead atoms. The Morgan fingerprint density at radius 3 is 2.79 bits per heavy atom. The van der Waals surface area contributed by atoms with E-state index < -0.39 is 5.82 Å². The first kappa shape index (κ1) is 18.4. The van der Waals surface area contributed by atoms with E-state index in [9.17, 15) is 9.18 Å². The lowest BCUT2D eigenvalue weighted by molar-refractivity contribution is -0.134. The third-order valence-corrected chi connectivity index (χ3v) is 4.58. The first-order valence-corrected chi connectivity index (χ1v) is 8.33. The summed E-state index contributed by atoms with van der Waals surface area (Å²) in [5.74, 6) is -0.425. The van der Waals surface area contributed by atoms with Crippen LogP contribution in [0.5, 0.6) is 0 Å². The summed E-state index contributed by atoms with van der Waals surface area (Å²) in [5, 5.41) is 8.80. The second kappa shape index (κ2) is 8.22. The predicted octanol–water partition coefficient (Wildman–Crippen LogP) is 1.68. The number of amides is 1. The number of carbonyl (C=O) groups excluding carboxylic acids is 1. The number of nitrogens with zero attached hydrogens (tertiary/aromatic N) is 4. The lowest BCUT2D eigenvalue weighted by Crippen LogP contribution is -2.53. The van der Waals surface area contributed by atoms with Gasteiger partial charge in [-0.05, 0) is 33.0 Å². The van der Waals surface area contributed by atoms with Crippen molar-refractivity contribution in [2.24, 2.45) is 0 Å². The molecule has 1 atom stereocenters. The van der Waals surface area contributed by atoms with Crippen LogP contribution < -0.4 is 0 Å². The Bertz CT molecular complexity index is 628. The Morgan fingerprint density at radius 1 is 1.46 bits per heavy atom. The molecule has 0 saturated carbocycles. The zero-order chi connectivity index (χ0) is 17.7. The molecule has 2 rings (SSSR count). The summed E-state index contributed by atoms with van der Waals surface area (Å²) in [4.78, 5) is 18.7. The molecule has 1 aliphatic heterocycles. The molecule has 1 saturated heterocycles. The van der Waals surface area contributed by atoms with E-state index in [0.717, 1.165) is 19.6 Å². The minimum absolute atomic E-state index is 0.0117. The summed E-state index contributed by atoms with van der Waals surface area (Å²) in [6.07, 6.45) is 0. The normalized spacial score (nSPS) is 19.0. The molecule has 1 aliphatic rings. The van der Waals surface area contributed by atoms with Crippen LogP contribution in [0.15, 0.2) is 18.2 Å². The lowest BCUT2D eigenvalue weighted by atomic mass is 10.1. The molecule has 1 amide bonds. The van der Waals surface area contributed by atoms with Gasteiger partial charge in [-0.1, -0.05) is 6.07 Å². The van der Waals surface area contributed by atoms with Gasteiger partial charge in [-0.3, -0.25) is 9.69 Å². The lowest BCUT2D eigenvalue weighted by Gasteiger charge is -2.38. The molecule has 0 aliphatic carbocycles. The van der Waals surface area contributed by atoms with E-state index in [1.807, 2.05) is 13.0 Å². The van der Waals surface area contributed by atoms with Crippen molar-refractivity contribution < 1.29 is 9.18 Å². The first-order valence-electron chi connectivity index (χ1n) is 8.33. The van der Waals surface area contributed by atoms with Crippen molar-refractivity contribution >= 4 is 5.91 Å². The number of nitriles is 1. The summed E-state index contributed by atoms with van der Waals surface area (Å²) in [5.41, 5.74) is 0.729. The third-order valence-electron chi connectivity index (χ3n) is 4.58. The summed E-state index contributed by atoms with van der Waals surface area (Å²) < 4.78 is 14.1. The van der Waals surface area contributed by atoms with Gasteiger partial charge in [0.2, 0.25) is 5.91 Å². The van der Waals surface area contributed by atoms with Crippen molar-refractivity contribution in [2.75, 3.05) is 39.8 Å². The maximum absolute atomic E-state index is 14.1. The molecule has 24 heavy (non-hydrogen) atoms. The molecular formula is C18H25FN4O. The number of hydrogen-bond donors (Lipinski definition) is 0. The molecule has 0 aromatic heterocycles. The van der Waals surface area contributed by atoms with Crippen LogP contribution in [0.1, 0.15) is 25.0 Å². The fraction of sp³-hybridized carbons (Fsp3) is 0.556. The SMILES string of the molecule is CCN(Cc1ccc(C#N)cc1F)C(=O)CN1CCN(C)CC1C. The van der Waals surface area contributed by atoms with E-state index >= 15 is 0 Å². The van der Waals surface area contributed by atoms with Gasteiger partial charge in [0.25, 0.3) is 0 Å². The number of piperazine rings is 1. The maximum atomic E-state index is 14.1. The highest BCUT2D eigenvalue weighted by molar-refractivity contribution is 5.78. The minimum Gasteiger partial charge on any atom is -0.337 e. The van der Waals surface area contributed by atoms with Crippen LogP contribution >= 0.6 is 0 Å². The van der Waals surface area contributed by atoms with Crippen molar-refractivity contribution in [3.05, 3.63) is 35.1 Å². The molecule has 1 aromatic carbocycles. The monoisotopic (exact) mass is 332 g/mol. The van der Waals surface area contributed by atoms with Crippen molar-refractivity contribution in [2.45, 2.75) is 26.4 Å². The molecule has 1 unspecified atom stereocenters. The van der Waals surface area contributed by atoms with Crippen LogP contribution in [-0.2, 0) is 11.3 Å². The minimum atomic E-state index is -0.437. The van der Waals surface area contributed by atoms with E-state index in [0.29, 0.717) is 24.7 Å². The number of benzene rings is 1. The van der Waals surface area contributed by atoms with Gasteiger partial charge in [0.05, 0.1) is 18.2 Å². The van der Waals surface area contributed by atoms with E-state index in [2.05, 4.69) is 23.8 Å². The number of halogens is 1. The van der Waals surface area contributed by atoms with Crippen LogP contribution in [0.25, 0.3) is 0 Å². The molecule has 0 radical (unpaired) electrons. The van der Waals surface area contributed by atoms with Gasteiger partial charge in [0.1, 0.15) is 5.82 Å². The summed E-state index contributed by atoms with van der Waals surface area (Å²) in [7, 11) is 2.09. The molecule has 130 valence electrons. The number of carbonyl (C=O) groups is 1. The molecule has 1 heterocycles. The van der Waals surface area contributed by atoms with Crippen LogP contribution in [-0.4, -0.2) is 66.4 Å². The highest BCUT2D eigenvalue weighted by Gasteiger charge is 2.25. The van der Waals surface area contributed by atoms with Crippen LogP contribution in [0, 0.1) is 17.1 Å². The first-order chi connectivity index (χ1) is 11.4. The third kappa shape index (κ3) is 4.53. The van der Waals surface area contributed by atoms with Gasteiger partial charge in [-0.2, -0.15) is 5.26 Å². The Morgan fingerprint density at radius 2 is 2.21 bits per heavy atom. The van der Waals surface area contributed by atoms with Crippen molar-refractivity contribution in [3.8, 4) is 6.07 Å². The predicted molar refractivity (Wildman–Crippen MR) is 90.7 cm³/mol. The average Bonchev–Trinajstić information content (AvgIpc) is 2.56. The molecule has 0 N–H and O–H groups in total. The number of rotatable bonds is 5. The Labute approximate surface area is 143 Å². The van der Waals surface area contributed by atoms with Crippen LogP contribution in [0.4, 0.5) is 4.39 Å². The van der Waals surface area contributed by atoms with Crippen molar-refractivity contribution in [1.29, 1.82) is 5.26 Å². The number of hydrogen-bond acceptors (Lipinski definition) is 4. The van der Waals surface area contributed by atoms with E-state index in [4.69, 9.17) is 5.26 Å². The van der Waals surface area contributed by atoms with Gasteiger partial charge >= 0.3 is 0 Å². The summed E-state index contributed by atoms with van der Waals surface area (Å²) >= 11 is 0. The van der Waals surface area contributed by atoms with Crippen molar-refractivity contribution in [3.63, 3.8) is 0 Å². The highest BCUT2D eigenvalue weighted by Crippen LogP contribution is 2.14. The Balaban J connectivity index is 2.00. The van der Waals surface area contributed by atoms with Crippen LogP contribution in [0.3, 0.4) is 0 Å². The van der Waals surface area contributed by atoms with E-state index in [1.54, 1.807) is 17.0 Å². The largest absolute Gasteiger partial charge is 0.337 e. The molecular weight excluding hydrogens is 307 g/mol. The molecule has 1 aromatic rings. The quantitative estimate of drug-likeness (QED) is 0.823. The zero-order valence-electron chi connectivity index (χ0n) is 14.6. The smallest absolute Gasteiger partial charge is 0.237 e. The van der Waals surface area contributed by atoms with Gasteiger partial charge in [-0.25, -0.2) is 4.39 Å². The van der Waals surface area contributed by atoms with Gasteiger partial charge in [0, 0.05) is 44.3 Å². The molecule has 0 spiro atoms. The van der Waals surface area contributed by atoms with Gasteiger partial charge in [-0.15, -0.1) is 0 Å². The molecule has 6 heteroatoms. The summed E-state index contributed by atoms with van der Waals surface area (Å²) in [6.45, 7) is 7.91. The Hall–Kier alpha value is -1.97. The fourth-order valence-electron chi connectivity index (χ4n) is 3.01. The second-order valence-electron chi connectivity index (χ2n) is 6.41. The number of likely N-dealkylation sites (N-methyl/N-ethyl adjacent to an activating group) is 2.